The second-order valence-electron chi connectivity index (χ2n) is 1.79. The maximum Gasteiger partial charge on any atom is 0.0926 e. The average Bonchev–Trinajstić information content (AvgIpc) is 1.89. The van der Waals surface area contributed by atoms with E-state index >= 15 is 0 Å². The number of ether oxygens (including phenoxy) is 1. The molecule has 0 aliphatic rings. The lowest BCUT2D eigenvalue weighted by Gasteiger charge is -2.01. The van der Waals surface area contributed by atoms with Crippen LogP contribution in [0.5, 0.6) is 0 Å². The van der Waals surface area contributed by atoms with Gasteiger partial charge in [-0.1, -0.05) is 6.08 Å². The van der Waals surface area contributed by atoms with Crippen molar-refractivity contribution in [2.45, 2.75) is 20.3 Å². The molecule has 0 saturated heterocycles. The molecule has 0 aliphatic carbocycles. The van der Waals surface area contributed by atoms with E-state index in [1.54, 1.807) is 0 Å². The Morgan fingerprint density at radius 3 is 2.78 bits per heavy atom. The molecule has 0 radical (unpaired) electrons. The highest BCUT2D eigenvalue weighted by Gasteiger charge is 1.86. The second-order valence-corrected chi connectivity index (χ2v) is 1.79. The molecule has 0 aliphatic heterocycles. The van der Waals surface area contributed by atoms with Crippen molar-refractivity contribution in [3.05, 3.63) is 11.8 Å². The largest absolute Gasteiger partial charge is 0.498 e. The fourth-order valence-corrected chi connectivity index (χ4v) is 0.371. The van der Waals surface area contributed by atoms with Crippen molar-refractivity contribution in [2.24, 2.45) is 0 Å². The van der Waals surface area contributed by atoms with Gasteiger partial charge < -0.3 is 4.74 Å². The number of halogens is 1. The Bertz CT molecular complexity index is 88.9. The minimum Gasteiger partial charge on any atom is -0.498 e. The summed E-state index contributed by atoms with van der Waals surface area (Å²) in [4.78, 5) is 0. The van der Waals surface area contributed by atoms with Crippen molar-refractivity contribution in [1.29, 1.82) is 0 Å². The summed E-state index contributed by atoms with van der Waals surface area (Å²) in [5.74, 6) is 0.864. The van der Waals surface area contributed by atoms with E-state index in [0.717, 1.165) is 5.76 Å². The van der Waals surface area contributed by atoms with Crippen LogP contribution in [0.4, 0.5) is 4.39 Å². The lowest BCUT2D eigenvalue weighted by Crippen LogP contribution is -1.92. The maximum absolute atomic E-state index is 11.4. The zero-order valence-electron chi connectivity index (χ0n) is 5.98. The third-order valence-electron chi connectivity index (χ3n) is 1.01. The SMILES string of the molecule is C/C=C(\C)OCCCF. The van der Waals surface area contributed by atoms with E-state index in [9.17, 15) is 4.39 Å². The van der Waals surface area contributed by atoms with Gasteiger partial charge in [0.1, 0.15) is 0 Å². The van der Waals surface area contributed by atoms with Gasteiger partial charge in [-0.15, -0.1) is 0 Å². The van der Waals surface area contributed by atoms with Gasteiger partial charge in [0.15, 0.2) is 0 Å². The van der Waals surface area contributed by atoms with Gasteiger partial charge in [0.25, 0.3) is 0 Å². The zero-order valence-corrected chi connectivity index (χ0v) is 5.98. The first-order valence-electron chi connectivity index (χ1n) is 3.13. The number of hydrogen-bond acceptors (Lipinski definition) is 1. The minimum atomic E-state index is -0.295. The van der Waals surface area contributed by atoms with Gasteiger partial charge in [-0.05, 0) is 13.8 Å². The Morgan fingerprint density at radius 2 is 2.33 bits per heavy atom. The molecule has 0 fully saturated rings. The molecule has 1 nitrogen and oxygen atoms in total. The Kier molecular flexibility index (Phi) is 5.27. The summed E-state index contributed by atoms with van der Waals surface area (Å²) in [6.45, 7) is 3.95. The monoisotopic (exact) mass is 132 g/mol. The fourth-order valence-electron chi connectivity index (χ4n) is 0.371. The Balaban J connectivity index is 3.07. The van der Waals surface area contributed by atoms with Crippen LogP contribution < -0.4 is 0 Å². The lowest BCUT2D eigenvalue weighted by atomic mass is 10.5. The fraction of sp³-hybridized carbons (Fsp3) is 0.714. The summed E-state index contributed by atoms with van der Waals surface area (Å²) in [6, 6.07) is 0. The zero-order chi connectivity index (χ0) is 7.11. The molecule has 2 heteroatoms. The number of hydrogen-bond donors (Lipinski definition) is 0. The first kappa shape index (κ1) is 8.47. The van der Waals surface area contributed by atoms with E-state index in [0.29, 0.717) is 13.0 Å². The number of rotatable bonds is 4. The Labute approximate surface area is 55.5 Å². The van der Waals surface area contributed by atoms with Crippen LogP contribution in [-0.4, -0.2) is 13.3 Å². The molecule has 0 spiro atoms. The smallest absolute Gasteiger partial charge is 0.0926 e. The van der Waals surface area contributed by atoms with Crippen molar-refractivity contribution in [1.82, 2.24) is 0 Å². The second kappa shape index (κ2) is 5.60. The molecule has 0 atom stereocenters. The summed E-state index contributed by atoms with van der Waals surface area (Å²) < 4.78 is 16.5. The molecule has 0 heterocycles. The van der Waals surface area contributed by atoms with Crippen LogP contribution in [0.15, 0.2) is 11.8 Å². The lowest BCUT2D eigenvalue weighted by molar-refractivity contribution is 0.200. The molecule has 0 N–H and O–H groups in total. The molecule has 0 saturated carbocycles. The Morgan fingerprint density at radius 1 is 1.67 bits per heavy atom. The van der Waals surface area contributed by atoms with Gasteiger partial charge in [-0.25, -0.2) is 0 Å². The molecular weight excluding hydrogens is 119 g/mol. The topological polar surface area (TPSA) is 9.23 Å². The predicted octanol–water partition coefficient (Wildman–Crippen LogP) is 2.29. The van der Waals surface area contributed by atoms with E-state index < -0.39 is 0 Å². The Hall–Kier alpha value is -0.530. The van der Waals surface area contributed by atoms with E-state index in [1.165, 1.54) is 0 Å². The summed E-state index contributed by atoms with van der Waals surface area (Å²) in [5.41, 5.74) is 0. The van der Waals surface area contributed by atoms with Crippen LogP contribution in [0.1, 0.15) is 20.3 Å². The molecule has 0 rings (SSSR count). The summed E-state index contributed by atoms with van der Waals surface area (Å²) in [5, 5.41) is 0. The van der Waals surface area contributed by atoms with Gasteiger partial charge in [-0.2, -0.15) is 0 Å². The summed E-state index contributed by atoms with van der Waals surface area (Å²) >= 11 is 0. The van der Waals surface area contributed by atoms with E-state index in [1.807, 2.05) is 19.9 Å². The molecule has 54 valence electrons. The third-order valence-corrected chi connectivity index (χ3v) is 1.01. The van der Waals surface area contributed by atoms with Crippen LogP contribution in [0.25, 0.3) is 0 Å². The number of allylic oxidation sites excluding steroid dienone is 2. The molecule has 0 bridgehead atoms. The summed E-state index contributed by atoms with van der Waals surface area (Å²) in [6.07, 6.45) is 2.35. The first-order valence-corrected chi connectivity index (χ1v) is 3.13. The molecule has 0 aromatic rings. The van der Waals surface area contributed by atoms with Crippen molar-refractivity contribution in [3.8, 4) is 0 Å². The van der Waals surface area contributed by atoms with Gasteiger partial charge in [0.2, 0.25) is 0 Å². The van der Waals surface area contributed by atoms with E-state index in [4.69, 9.17) is 4.74 Å². The highest BCUT2D eigenvalue weighted by molar-refractivity contribution is 4.83. The standard InChI is InChI=1S/C7H13FO/c1-3-7(2)9-6-4-5-8/h3H,4-6H2,1-2H3/b7-3+. The quantitative estimate of drug-likeness (QED) is 0.421. The maximum atomic E-state index is 11.4. The first-order chi connectivity index (χ1) is 4.31. The summed E-state index contributed by atoms with van der Waals surface area (Å²) in [7, 11) is 0. The van der Waals surface area contributed by atoms with Gasteiger partial charge >= 0.3 is 0 Å². The molecule has 0 amide bonds. The highest BCUT2D eigenvalue weighted by Crippen LogP contribution is 1.95. The van der Waals surface area contributed by atoms with Gasteiger partial charge in [0.05, 0.1) is 19.0 Å². The highest BCUT2D eigenvalue weighted by atomic mass is 19.1. The van der Waals surface area contributed by atoms with Crippen molar-refractivity contribution in [3.63, 3.8) is 0 Å². The van der Waals surface area contributed by atoms with Crippen molar-refractivity contribution in [2.75, 3.05) is 13.3 Å². The molecule has 9 heavy (non-hydrogen) atoms. The minimum absolute atomic E-state index is 0.295. The molecule has 0 unspecified atom stereocenters. The van der Waals surface area contributed by atoms with Crippen molar-refractivity contribution >= 4 is 0 Å². The van der Waals surface area contributed by atoms with Crippen LogP contribution >= 0.6 is 0 Å². The molecule has 0 aromatic heterocycles. The van der Waals surface area contributed by atoms with E-state index in [2.05, 4.69) is 0 Å². The third kappa shape index (κ3) is 5.34. The van der Waals surface area contributed by atoms with Crippen LogP contribution in [0.2, 0.25) is 0 Å². The van der Waals surface area contributed by atoms with Crippen LogP contribution in [-0.2, 0) is 4.74 Å². The number of alkyl halides is 1. The molecular formula is C7H13FO. The average molecular weight is 132 g/mol. The molecule has 0 aromatic carbocycles. The predicted molar refractivity (Wildman–Crippen MR) is 36.0 cm³/mol. The van der Waals surface area contributed by atoms with Gasteiger partial charge in [0, 0.05) is 6.42 Å². The normalized spacial score (nSPS) is 11.7. The van der Waals surface area contributed by atoms with Gasteiger partial charge in [-0.3, -0.25) is 4.39 Å². The van der Waals surface area contributed by atoms with Crippen LogP contribution in [0.3, 0.4) is 0 Å². The van der Waals surface area contributed by atoms with Crippen LogP contribution in [0, 0.1) is 0 Å². The van der Waals surface area contributed by atoms with Crippen molar-refractivity contribution < 1.29 is 9.13 Å². The van der Waals surface area contributed by atoms with E-state index in [-0.39, 0.29) is 6.67 Å².